The SMILES string of the molecule is COc1ccccc1NC(=O)CCc1ccccc1Cl. The van der Waals surface area contributed by atoms with E-state index in [1.165, 1.54) is 0 Å². The lowest BCUT2D eigenvalue weighted by Crippen LogP contribution is -2.13. The van der Waals surface area contributed by atoms with Gasteiger partial charge in [0.25, 0.3) is 0 Å². The molecule has 0 aromatic heterocycles. The first-order valence-electron chi connectivity index (χ1n) is 6.37. The summed E-state index contributed by atoms with van der Waals surface area (Å²) in [5, 5.41) is 3.54. The van der Waals surface area contributed by atoms with Gasteiger partial charge < -0.3 is 10.1 Å². The molecule has 2 aromatic rings. The Bertz CT molecular complexity index is 599. The molecule has 0 radical (unpaired) electrons. The average molecular weight is 290 g/mol. The van der Waals surface area contributed by atoms with Gasteiger partial charge in [-0.05, 0) is 30.2 Å². The molecule has 0 aliphatic rings. The smallest absolute Gasteiger partial charge is 0.224 e. The number of benzene rings is 2. The highest BCUT2D eigenvalue weighted by Gasteiger charge is 2.08. The van der Waals surface area contributed by atoms with E-state index < -0.39 is 0 Å². The van der Waals surface area contributed by atoms with Gasteiger partial charge in [0.05, 0.1) is 12.8 Å². The number of rotatable bonds is 5. The predicted molar refractivity (Wildman–Crippen MR) is 81.4 cm³/mol. The Morgan fingerprint density at radius 3 is 2.60 bits per heavy atom. The summed E-state index contributed by atoms with van der Waals surface area (Å²) in [6, 6.07) is 14.9. The molecule has 0 fully saturated rings. The van der Waals surface area contributed by atoms with Gasteiger partial charge in [0.2, 0.25) is 5.91 Å². The molecule has 1 N–H and O–H groups in total. The largest absolute Gasteiger partial charge is 0.495 e. The van der Waals surface area contributed by atoms with Crippen molar-refractivity contribution < 1.29 is 9.53 Å². The van der Waals surface area contributed by atoms with Crippen LogP contribution < -0.4 is 10.1 Å². The molecule has 0 bridgehead atoms. The van der Waals surface area contributed by atoms with Crippen molar-refractivity contribution in [1.82, 2.24) is 0 Å². The monoisotopic (exact) mass is 289 g/mol. The van der Waals surface area contributed by atoms with Crippen LogP contribution in [0.1, 0.15) is 12.0 Å². The van der Waals surface area contributed by atoms with Gasteiger partial charge in [-0.25, -0.2) is 0 Å². The number of carbonyl (C=O) groups excluding carboxylic acids is 1. The second-order valence-corrected chi connectivity index (χ2v) is 4.75. The first kappa shape index (κ1) is 14.4. The fourth-order valence-electron chi connectivity index (χ4n) is 1.91. The van der Waals surface area contributed by atoms with Crippen LogP contribution in [0.2, 0.25) is 5.02 Å². The van der Waals surface area contributed by atoms with Gasteiger partial charge in [-0.1, -0.05) is 41.9 Å². The molecule has 0 atom stereocenters. The average Bonchev–Trinajstić information content (AvgIpc) is 2.47. The third kappa shape index (κ3) is 3.75. The third-order valence-electron chi connectivity index (χ3n) is 2.96. The van der Waals surface area contributed by atoms with Crippen LogP contribution in [-0.2, 0) is 11.2 Å². The number of hydrogen-bond acceptors (Lipinski definition) is 2. The first-order valence-corrected chi connectivity index (χ1v) is 6.75. The summed E-state index contributed by atoms with van der Waals surface area (Å²) in [5.74, 6) is 0.591. The van der Waals surface area contributed by atoms with E-state index in [4.69, 9.17) is 16.3 Å². The highest BCUT2D eigenvalue weighted by molar-refractivity contribution is 6.31. The maximum absolute atomic E-state index is 12.0. The van der Waals surface area contributed by atoms with Gasteiger partial charge in [-0.15, -0.1) is 0 Å². The molecule has 0 saturated heterocycles. The van der Waals surface area contributed by atoms with Crippen LogP contribution in [0, 0.1) is 0 Å². The van der Waals surface area contributed by atoms with Crippen molar-refractivity contribution in [3.8, 4) is 5.75 Å². The van der Waals surface area contributed by atoms with Crippen LogP contribution in [0.25, 0.3) is 0 Å². The second-order valence-electron chi connectivity index (χ2n) is 4.34. The Labute approximate surface area is 123 Å². The van der Waals surface area contributed by atoms with Crippen LogP contribution in [0.5, 0.6) is 5.75 Å². The molecule has 2 rings (SSSR count). The number of para-hydroxylation sites is 2. The summed E-state index contributed by atoms with van der Waals surface area (Å²) < 4.78 is 5.19. The lowest BCUT2D eigenvalue weighted by molar-refractivity contribution is -0.116. The molecule has 0 aliphatic heterocycles. The standard InChI is InChI=1S/C16H16ClNO2/c1-20-15-9-5-4-8-14(15)18-16(19)11-10-12-6-2-3-7-13(12)17/h2-9H,10-11H2,1H3,(H,18,19). The molecule has 4 heteroatoms. The minimum Gasteiger partial charge on any atom is -0.495 e. The Hall–Kier alpha value is -2.00. The number of halogens is 1. The van der Waals surface area contributed by atoms with E-state index in [2.05, 4.69) is 5.32 Å². The van der Waals surface area contributed by atoms with Gasteiger partial charge in [0, 0.05) is 11.4 Å². The fourth-order valence-corrected chi connectivity index (χ4v) is 2.14. The number of aryl methyl sites for hydroxylation is 1. The van der Waals surface area contributed by atoms with Gasteiger partial charge >= 0.3 is 0 Å². The van der Waals surface area contributed by atoms with E-state index >= 15 is 0 Å². The van der Waals surface area contributed by atoms with Crippen LogP contribution >= 0.6 is 11.6 Å². The third-order valence-corrected chi connectivity index (χ3v) is 3.33. The van der Waals surface area contributed by atoms with Crippen LogP contribution in [0.4, 0.5) is 5.69 Å². The molecule has 1 amide bonds. The number of carbonyl (C=O) groups is 1. The van der Waals surface area contributed by atoms with E-state index in [1.807, 2.05) is 48.5 Å². The quantitative estimate of drug-likeness (QED) is 0.906. The second kappa shape index (κ2) is 6.96. The molecule has 0 heterocycles. The summed E-state index contributed by atoms with van der Waals surface area (Å²) in [7, 11) is 1.58. The normalized spacial score (nSPS) is 10.1. The van der Waals surface area contributed by atoms with Crippen molar-refractivity contribution in [3.05, 3.63) is 59.1 Å². The summed E-state index contributed by atoms with van der Waals surface area (Å²) >= 11 is 6.06. The molecule has 3 nitrogen and oxygen atoms in total. The number of ether oxygens (including phenoxy) is 1. The van der Waals surface area contributed by atoms with Gasteiger partial charge in [-0.2, -0.15) is 0 Å². The van der Waals surface area contributed by atoms with Crippen LogP contribution in [0.15, 0.2) is 48.5 Å². The number of methoxy groups -OCH3 is 1. The first-order chi connectivity index (χ1) is 9.70. The molecule has 20 heavy (non-hydrogen) atoms. The number of hydrogen-bond donors (Lipinski definition) is 1. The Morgan fingerprint density at radius 1 is 1.15 bits per heavy atom. The minimum atomic E-state index is -0.0607. The van der Waals surface area contributed by atoms with Crippen molar-refractivity contribution in [2.24, 2.45) is 0 Å². The molecule has 0 unspecified atom stereocenters. The van der Waals surface area contributed by atoms with E-state index in [0.29, 0.717) is 29.3 Å². The van der Waals surface area contributed by atoms with E-state index in [-0.39, 0.29) is 5.91 Å². The highest BCUT2D eigenvalue weighted by atomic mass is 35.5. The van der Waals surface area contributed by atoms with Gasteiger partial charge in [0.1, 0.15) is 5.75 Å². The summed E-state index contributed by atoms with van der Waals surface area (Å²) in [5.41, 5.74) is 1.66. The molecule has 0 spiro atoms. The van der Waals surface area contributed by atoms with E-state index in [1.54, 1.807) is 7.11 Å². The molecule has 0 aliphatic carbocycles. The Balaban J connectivity index is 1.95. The molecular formula is C16H16ClNO2. The van der Waals surface area contributed by atoms with Crippen molar-refractivity contribution in [2.45, 2.75) is 12.8 Å². The maximum atomic E-state index is 12.0. The van der Waals surface area contributed by atoms with Crippen molar-refractivity contribution in [3.63, 3.8) is 0 Å². The lowest BCUT2D eigenvalue weighted by atomic mass is 10.1. The van der Waals surface area contributed by atoms with Crippen LogP contribution in [0.3, 0.4) is 0 Å². The zero-order chi connectivity index (χ0) is 14.4. The topological polar surface area (TPSA) is 38.3 Å². The fraction of sp³-hybridized carbons (Fsp3) is 0.188. The van der Waals surface area contributed by atoms with Crippen molar-refractivity contribution >= 4 is 23.2 Å². The van der Waals surface area contributed by atoms with Gasteiger partial charge in [0.15, 0.2) is 0 Å². The van der Waals surface area contributed by atoms with Crippen molar-refractivity contribution in [2.75, 3.05) is 12.4 Å². The zero-order valence-electron chi connectivity index (χ0n) is 11.2. The van der Waals surface area contributed by atoms with E-state index in [9.17, 15) is 4.79 Å². The van der Waals surface area contributed by atoms with Crippen LogP contribution in [-0.4, -0.2) is 13.0 Å². The number of anilines is 1. The molecule has 2 aromatic carbocycles. The summed E-state index contributed by atoms with van der Waals surface area (Å²) in [6.07, 6.45) is 0.989. The number of nitrogens with one attached hydrogen (secondary N) is 1. The molecular weight excluding hydrogens is 274 g/mol. The summed E-state index contributed by atoms with van der Waals surface area (Å²) in [6.45, 7) is 0. The minimum absolute atomic E-state index is 0.0607. The number of amides is 1. The Kier molecular flexibility index (Phi) is 5.02. The van der Waals surface area contributed by atoms with E-state index in [0.717, 1.165) is 5.56 Å². The molecule has 0 saturated carbocycles. The zero-order valence-corrected chi connectivity index (χ0v) is 12.0. The lowest BCUT2D eigenvalue weighted by Gasteiger charge is -2.10. The highest BCUT2D eigenvalue weighted by Crippen LogP contribution is 2.23. The molecule has 104 valence electrons. The van der Waals surface area contributed by atoms with Crippen molar-refractivity contribution in [1.29, 1.82) is 0 Å². The summed E-state index contributed by atoms with van der Waals surface area (Å²) in [4.78, 5) is 12.0. The maximum Gasteiger partial charge on any atom is 0.224 e. The Morgan fingerprint density at radius 2 is 1.85 bits per heavy atom. The van der Waals surface area contributed by atoms with Gasteiger partial charge in [-0.3, -0.25) is 4.79 Å². The predicted octanol–water partition coefficient (Wildman–Crippen LogP) is 3.92.